The Balaban J connectivity index is 1.90. The van der Waals surface area contributed by atoms with Crippen molar-refractivity contribution in [3.05, 3.63) is 72.6 Å². The molecule has 0 bridgehead atoms. The highest BCUT2D eigenvalue weighted by Crippen LogP contribution is 2.29. The summed E-state index contributed by atoms with van der Waals surface area (Å²) >= 11 is 0. The molecule has 0 atom stereocenters. The molecule has 3 nitrogen and oxygen atoms in total. The molecule has 4 rings (SSSR count). The van der Waals surface area contributed by atoms with Crippen LogP contribution in [0.3, 0.4) is 0 Å². The molecule has 105 valence electrons. The number of hydrogen-bond donors (Lipinski definition) is 1. The van der Waals surface area contributed by atoms with Gasteiger partial charge in [0, 0.05) is 22.7 Å². The van der Waals surface area contributed by atoms with Crippen LogP contribution < -0.4 is 0 Å². The van der Waals surface area contributed by atoms with Crippen LogP contribution in [0.15, 0.2) is 60.8 Å². The lowest BCUT2D eigenvalue weighted by Crippen LogP contribution is -1.91. The molecule has 3 heteroatoms. The summed E-state index contributed by atoms with van der Waals surface area (Å²) in [7, 11) is 0. The van der Waals surface area contributed by atoms with Crippen LogP contribution in [-0.4, -0.2) is 15.0 Å². The van der Waals surface area contributed by atoms with Crippen LogP contribution in [-0.2, 0) is 0 Å². The van der Waals surface area contributed by atoms with Crippen LogP contribution in [0.5, 0.6) is 0 Å². The normalized spacial score (nSPS) is 11.0. The van der Waals surface area contributed by atoms with E-state index in [9.17, 15) is 0 Å². The zero-order valence-electron chi connectivity index (χ0n) is 12.2. The third kappa shape index (κ3) is 2.07. The minimum atomic E-state index is 0.853. The van der Waals surface area contributed by atoms with Crippen molar-refractivity contribution in [3.8, 4) is 22.6 Å². The minimum absolute atomic E-state index is 0.853. The van der Waals surface area contributed by atoms with Crippen LogP contribution in [0.2, 0.25) is 0 Å². The first-order valence-electron chi connectivity index (χ1n) is 7.21. The first kappa shape index (κ1) is 12.8. The predicted molar refractivity (Wildman–Crippen MR) is 88.3 cm³/mol. The Kier molecular flexibility index (Phi) is 2.97. The number of rotatable bonds is 2. The maximum Gasteiger partial charge on any atom is 0.139 e. The molecule has 2 aromatic heterocycles. The quantitative estimate of drug-likeness (QED) is 0.592. The van der Waals surface area contributed by atoms with Gasteiger partial charge in [-0.15, -0.1) is 0 Å². The van der Waals surface area contributed by atoms with Gasteiger partial charge in [-0.25, -0.2) is 9.97 Å². The fourth-order valence-electron chi connectivity index (χ4n) is 2.70. The number of para-hydroxylation sites is 1. The van der Waals surface area contributed by atoms with E-state index in [4.69, 9.17) is 4.98 Å². The molecule has 2 heterocycles. The second kappa shape index (κ2) is 5.11. The SMILES string of the molecule is Cc1[c]nc2ccccc2c1-c1nc(-c2ccccc2)c[nH]1. The number of aryl methyl sites for hydroxylation is 1. The Hall–Kier alpha value is -2.94. The van der Waals surface area contributed by atoms with Crippen LogP contribution >= 0.6 is 0 Å². The van der Waals surface area contributed by atoms with Crippen molar-refractivity contribution in [1.29, 1.82) is 0 Å². The topological polar surface area (TPSA) is 41.6 Å². The van der Waals surface area contributed by atoms with Gasteiger partial charge in [-0.1, -0.05) is 48.5 Å². The molecule has 0 aliphatic rings. The van der Waals surface area contributed by atoms with E-state index in [1.807, 2.05) is 49.5 Å². The molecule has 0 aliphatic carbocycles. The van der Waals surface area contributed by atoms with Gasteiger partial charge in [0.25, 0.3) is 0 Å². The van der Waals surface area contributed by atoms with E-state index in [1.54, 1.807) is 0 Å². The highest BCUT2D eigenvalue weighted by Gasteiger charge is 2.12. The number of imidazole rings is 1. The molecule has 4 aromatic rings. The molecular formula is C19H14N3. The molecule has 0 saturated carbocycles. The smallest absolute Gasteiger partial charge is 0.139 e. The Morgan fingerprint density at radius 3 is 2.59 bits per heavy atom. The monoisotopic (exact) mass is 284 g/mol. The van der Waals surface area contributed by atoms with E-state index in [2.05, 4.69) is 34.4 Å². The molecular weight excluding hydrogens is 270 g/mol. The summed E-state index contributed by atoms with van der Waals surface area (Å²) in [6.45, 7) is 2.01. The summed E-state index contributed by atoms with van der Waals surface area (Å²) in [6.07, 6.45) is 5.02. The largest absolute Gasteiger partial charge is 0.344 e. The van der Waals surface area contributed by atoms with Crippen molar-refractivity contribution < 1.29 is 0 Å². The van der Waals surface area contributed by atoms with Crippen LogP contribution in [0, 0.1) is 13.1 Å². The van der Waals surface area contributed by atoms with Gasteiger partial charge in [0.1, 0.15) is 5.82 Å². The van der Waals surface area contributed by atoms with E-state index in [-0.39, 0.29) is 0 Å². The number of aromatic amines is 1. The van der Waals surface area contributed by atoms with Gasteiger partial charge >= 0.3 is 0 Å². The lowest BCUT2D eigenvalue weighted by Gasteiger charge is -2.06. The standard InChI is InChI=1S/C19H14N3/c1-13-11-20-16-10-6-5-9-15(16)18(13)19-21-12-17(22-19)14-7-3-2-4-8-14/h2-10,12H,1H3,(H,21,22). The van der Waals surface area contributed by atoms with E-state index < -0.39 is 0 Å². The van der Waals surface area contributed by atoms with Crippen molar-refractivity contribution in [2.75, 3.05) is 0 Å². The lowest BCUT2D eigenvalue weighted by atomic mass is 10.0. The van der Waals surface area contributed by atoms with E-state index in [0.717, 1.165) is 39.1 Å². The second-order valence-electron chi connectivity index (χ2n) is 5.24. The van der Waals surface area contributed by atoms with E-state index in [0.29, 0.717) is 0 Å². The fourth-order valence-corrected chi connectivity index (χ4v) is 2.70. The highest BCUT2D eigenvalue weighted by molar-refractivity contribution is 5.94. The Morgan fingerprint density at radius 1 is 0.955 bits per heavy atom. The maximum absolute atomic E-state index is 4.76. The minimum Gasteiger partial charge on any atom is -0.344 e. The fraction of sp³-hybridized carbons (Fsp3) is 0.0526. The van der Waals surface area contributed by atoms with Gasteiger partial charge in [-0.3, -0.25) is 0 Å². The Labute approximate surface area is 128 Å². The summed E-state index contributed by atoms with van der Waals surface area (Å²) in [5.41, 5.74) is 5.03. The molecule has 0 saturated heterocycles. The highest BCUT2D eigenvalue weighted by atomic mass is 14.9. The number of nitrogens with zero attached hydrogens (tertiary/aromatic N) is 2. The number of nitrogens with one attached hydrogen (secondary N) is 1. The van der Waals surface area contributed by atoms with Crippen LogP contribution in [0.4, 0.5) is 0 Å². The summed E-state index contributed by atoms with van der Waals surface area (Å²) in [5, 5.41) is 1.09. The average molecular weight is 284 g/mol. The van der Waals surface area contributed by atoms with E-state index >= 15 is 0 Å². The van der Waals surface area contributed by atoms with Gasteiger partial charge in [-0.2, -0.15) is 0 Å². The first-order chi connectivity index (χ1) is 10.8. The summed E-state index contributed by atoms with van der Waals surface area (Å²) in [4.78, 5) is 12.4. The van der Waals surface area contributed by atoms with E-state index in [1.165, 1.54) is 0 Å². The summed E-state index contributed by atoms with van der Waals surface area (Å²) in [6, 6.07) is 18.2. The lowest BCUT2D eigenvalue weighted by molar-refractivity contribution is 1.26. The van der Waals surface area contributed by atoms with Crippen molar-refractivity contribution in [3.63, 3.8) is 0 Å². The van der Waals surface area contributed by atoms with Crippen molar-refractivity contribution in [1.82, 2.24) is 15.0 Å². The van der Waals surface area contributed by atoms with Crippen molar-refractivity contribution in [2.45, 2.75) is 6.92 Å². The number of hydrogen-bond acceptors (Lipinski definition) is 2. The Bertz CT molecular complexity index is 939. The molecule has 0 aliphatic heterocycles. The molecule has 1 N–H and O–H groups in total. The molecule has 1 radical (unpaired) electrons. The van der Waals surface area contributed by atoms with Gasteiger partial charge in [-0.05, 0) is 18.6 Å². The summed E-state index contributed by atoms with van der Waals surface area (Å²) < 4.78 is 0. The van der Waals surface area contributed by atoms with Gasteiger partial charge in [0.05, 0.1) is 17.4 Å². The third-order valence-electron chi connectivity index (χ3n) is 3.78. The molecule has 0 spiro atoms. The van der Waals surface area contributed by atoms with Gasteiger partial charge < -0.3 is 4.98 Å². The van der Waals surface area contributed by atoms with Crippen LogP contribution in [0.1, 0.15) is 5.56 Å². The maximum atomic E-state index is 4.76. The van der Waals surface area contributed by atoms with Crippen LogP contribution in [0.25, 0.3) is 33.5 Å². The average Bonchev–Trinajstić information content (AvgIpc) is 3.05. The zero-order chi connectivity index (χ0) is 14.9. The number of benzene rings is 2. The van der Waals surface area contributed by atoms with Gasteiger partial charge in [0.15, 0.2) is 0 Å². The number of aromatic nitrogens is 3. The molecule has 2 aromatic carbocycles. The number of fused-ring (bicyclic) bond motifs is 1. The number of H-pyrrole nitrogens is 1. The second-order valence-corrected chi connectivity index (χ2v) is 5.24. The molecule has 0 unspecified atom stereocenters. The number of pyridine rings is 1. The molecule has 0 amide bonds. The third-order valence-corrected chi connectivity index (χ3v) is 3.78. The first-order valence-corrected chi connectivity index (χ1v) is 7.21. The summed E-state index contributed by atoms with van der Waals surface area (Å²) in [5.74, 6) is 0.853. The Morgan fingerprint density at radius 2 is 1.73 bits per heavy atom. The molecule has 22 heavy (non-hydrogen) atoms. The van der Waals surface area contributed by atoms with Gasteiger partial charge in [0.2, 0.25) is 0 Å². The zero-order valence-corrected chi connectivity index (χ0v) is 12.2. The van der Waals surface area contributed by atoms with Crippen molar-refractivity contribution in [2.24, 2.45) is 0 Å². The molecule has 0 fully saturated rings. The predicted octanol–water partition coefficient (Wildman–Crippen LogP) is 4.40. The van der Waals surface area contributed by atoms with Crippen molar-refractivity contribution >= 4 is 10.9 Å².